The number of benzene rings is 1. The summed E-state index contributed by atoms with van der Waals surface area (Å²) >= 11 is 0. The lowest BCUT2D eigenvalue weighted by Crippen LogP contribution is -2.44. The van der Waals surface area contributed by atoms with Crippen molar-refractivity contribution in [2.24, 2.45) is 5.92 Å². The van der Waals surface area contributed by atoms with E-state index in [9.17, 15) is 19.1 Å². The first-order valence-corrected chi connectivity index (χ1v) is 11.5. The zero-order chi connectivity index (χ0) is 25.2. The van der Waals surface area contributed by atoms with Gasteiger partial charge in [0.15, 0.2) is 0 Å². The lowest BCUT2D eigenvalue weighted by molar-refractivity contribution is -0.151. The monoisotopic (exact) mass is 468 g/mol. The van der Waals surface area contributed by atoms with E-state index in [2.05, 4.69) is 24.5 Å². The highest BCUT2D eigenvalue weighted by molar-refractivity contribution is 5.66. The molecular formula is C25H41FN2O5. The van der Waals surface area contributed by atoms with Crippen molar-refractivity contribution in [2.45, 2.75) is 96.9 Å². The number of nitrogens with one attached hydrogen (secondary N) is 2. The minimum Gasteiger partial charge on any atom is -0.465 e. The van der Waals surface area contributed by atoms with E-state index >= 15 is 0 Å². The Balaban J connectivity index is 0.000000582. The first-order chi connectivity index (χ1) is 15.2. The zero-order valence-corrected chi connectivity index (χ0v) is 20.8. The molecule has 0 aromatic heterocycles. The van der Waals surface area contributed by atoms with E-state index < -0.39 is 12.2 Å². The standard InChI is InChI=1S/C19H29FN2O3.C6H12O2/c1-19(2,11-13-6-8-16(9-7-13)22-18(24)25)21-12-17(23)14-4-3-5-15(20)10-14;1-5(7)8-6(2,3)4/h3-5,10,13,16-17,21-23H,6-9,11-12H2,1-2H3,(H,24,25);1-4H3/t13?,16?,17-;/m0./s1. The minimum absolute atomic E-state index is 0.0691. The van der Waals surface area contributed by atoms with Crippen molar-refractivity contribution in [2.75, 3.05) is 6.54 Å². The van der Waals surface area contributed by atoms with Gasteiger partial charge in [0.25, 0.3) is 0 Å². The molecule has 0 radical (unpaired) electrons. The molecule has 1 aliphatic carbocycles. The van der Waals surface area contributed by atoms with Gasteiger partial charge in [-0.1, -0.05) is 12.1 Å². The van der Waals surface area contributed by atoms with Crippen LogP contribution in [0.5, 0.6) is 0 Å². The third-order valence-corrected chi connectivity index (χ3v) is 5.43. The van der Waals surface area contributed by atoms with Crippen LogP contribution in [-0.2, 0) is 9.53 Å². The number of ether oxygens (including phenoxy) is 1. The predicted octanol–water partition coefficient (Wildman–Crippen LogP) is 4.79. The average Bonchev–Trinajstić information content (AvgIpc) is 2.66. The number of aliphatic hydroxyl groups excluding tert-OH is 1. The highest BCUT2D eigenvalue weighted by Gasteiger charge is 2.28. The number of aliphatic hydroxyl groups is 1. The van der Waals surface area contributed by atoms with E-state index in [1.54, 1.807) is 12.1 Å². The SMILES string of the molecule is CC(=O)OC(C)(C)C.CC(C)(CC1CCC(NC(=O)O)CC1)NC[C@H](O)c1cccc(F)c1. The molecule has 1 atom stereocenters. The molecular weight excluding hydrogens is 427 g/mol. The van der Waals surface area contributed by atoms with Crippen molar-refractivity contribution in [3.05, 3.63) is 35.6 Å². The maximum Gasteiger partial charge on any atom is 0.404 e. The maximum atomic E-state index is 13.2. The molecule has 0 saturated heterocycles. The van der Waals surface area contributed by atoms with Crippen molar-refractivity contribution in [3.8, 4) is 0 Å². The van der Waals surface area contributed by atoms with Crippen LogP contribution in [0.3, 0.4) is 0 Å². The highest BCUT2D eigenvalue weighted by atomic mass is 19.1. The van der Waals surface area contributed by atoms with Gasteiger partial charge in [0.2, 0.25) is 0 Å². The van der Waals surface area contributed by atoms with Crippen molar-refractivity contribution < 1.29 is 28.9 Å². The van der Waals surface area contributed by atoms with E-state index in [1.165, 1.54) is 19.1 Å². The Labute approximate surface area is 197 Å². The van der Waals surface area contributed by atoms with Crippen LogP contribution < -0.4 is 10.6 Å². The molecule has 1 aromatic rings. The molecule has 4 N–H and O–H groups in total. The molecule has 2 rings (SSSR count). The molecule has 1 aliphatic rings. The Morgan fingerprint density at radius 3 is 2.21 bits per heavy atom. The second-order valence-electron chi connectivity index (χ2n) is 10.4. The third-order valence-electron chi connectivity index (χ3n) is 5.43. The quantitative estimate of drug-likeness (QED) is 0.429. The average molecular weight is 469 g/mol. The summed E-state index contributed by atoms with van der Waals surface area (Å²) in [7, 11) is 0. The van der Waals surface area contributed by atoms with Crippen LogP contribution >= 0.6 is 0 Å². The summed E-state index contributed by atoms with van der Waals surface area (Å²) in [6.07, 6.45) is 3.02. The Hall–Kier alpha value is -2.19. The van der Waals surface area contributed by atoms with Crippen LogP contribution in [0, 0.1) is 11.7 Å². The van der Waals surface area contributed by atoms with Gasteiger partial charge in [-0.3, -0.25) is 4.79 Å². The fraction of sp³-hybridized carbons (Fsp3) is 0.680. The molecule has 0 spiro atoms. The van der Waals surface area contributed by atoms with Gasteiger partial charge in [0.05, 0.1) is 6.10 Å². The number of β-amino-alcohol motifs (C(OH)–C–C–N with tert-alkyl or cyclic N) is 1. The lowest BCUT2D eigenvalue weighted by atomic mass is 9.79. The number of carbonyl (C=O) groups is 2. The van der Waals surface area contributed by atoms with Crippen LogP contribution in [-0.4, -0.2) is 46.0 Å². The Morgan fingerprint density at radius 2 is 1.76 bits per heavy atom. The molecule has 0 heterocycles. The van der Waals surface area contributed by atoms with Crippen molar-refractivity contribution in [1.29, 1.82) is 0 Å². The predicted molar refractivity (Wildman–Crippen MR) is 126 cm³/mol. The van der Waals surface area contributed by atoms with Gasteiger partial charge in [0.1, 0.15) is 11.4 Å². The number of hydrogen-bond donors (Lipinski definition) is 4. The van der Waals surface area contributed by atoms with E-state index in [-0.39, 0.29) is 29.0 Å². The van der Waals surface area contributed by atoms with E-state index in [1.807, 2.05) is 20.8 Å². The first kappa shape index (κ1) is 28.8. The highest BCUT2D eigenvalue weighted by Crippen LogP contribution is 2.31. The van der Waals surface area contributed by atoms with E-state index in [4.69, 9.17) is 9.84 Å². The number of halogens is 1. The molecule has 1 fully saturated rings. The summed E-state index contributed by atoms with van der Waals surface area (Å²) < 4.78 is 18.0. The molecule has 0 unspecified atom stereocenters. The molecule has 1 amide bonds. The normalized spacial score (nSPS) is 19.6. The maximum absolute atomic E-state index is 13.2. The van der Waals surface area contributed by atoms with Crippen LogP contribution in [0.2, 0.25) is 0 Å². The van der Waals surface area contributed by atoms with Gasteiger partial charge in [-0.25, -0.2) is 9.18 Å². The Bertz CT molecular complexity index is 755. The van der Waals surface area contributed by atoms with Gasteiger partial charge >= 0.3 is 12.1 Å². The fourth-order valence-corrected chi connectivity index (χ4v) is 4.12. The summed E-state index contributed by atoms with van der Waals surface area (Å²) in [5, 5.41) is 25.0. The summed E-state index contributed by atoms with van der Waals surface area (Å²) in [4.78, 5) is 20.9. The van der Waals surface area contributed by atoms with Gasteiger partial charge in [-0.05, 0) is 90.3 Å². The van der Waals surface area contributed by atoms with E-state index in [0.717, 1.165) is 32.1 Å². The molecule has 188 valence electrons. The molecule has 1 saturated carbocycles. The molecule has 1 aromatic carbocycles. The summed E-state index contributed by atoms with van der Waals surface area (Å²) in [5.41, 5.74) is 0.0984. The molecule has 0 aliphatic heterocycles. The molecule has 8 heteroatoms. The van der Waals surface area contributed by atoms with Crippen molar-refractivity contribution >= 4 is 12.1 Å². The number of carbonyl (C=O) groups excluding carboxylic acids is 1. The minimum atomic E-state index is -0.947. The summed E-state index contributed by atoms with van der Waals surface area (Å²) in [6.45, 7) is 11.5. The van der Waals surface area contributed by atoms with Crippen LogP contribution in [0.15, 0.2) is 24.3 Å². The Morgan fingerprint density at radius 1 is 1.15 bits per heavy atom. The second kappa shape index (κ2) is 12.9. The van der Waals surface area contributed by atoms with Crippen molar-refractivity contribution in [3.63, 3.8) is 0 Å². The van der Waals surface area contributed by atoms with Crippen molar-refractivity contribution in [1.82, 2.24) is 10.6 Å². The van der Waals surface area contributed by atoms with Gasteiger partial charge in [0, 0.05) is 25.0 Å². The smallest absolute Gasteiger partial charge is 0.404 e. The van der Waals surface area contributed by atoms with Gasteiger partial charge in [-0.2, -0.15) is 0 Å². The molecule has 33 heavy (non-hydrogen) atoms. The molecule has 0 bridgehead atoms. The van der Waals surface area contributed by atoms with Gasteiger partial charge in [-0.15, -0.1) is 0 Å². The largest absolute Gasteiger partial charge is 0.465 e. The fourth-order valence-electron chi connectivity index (χ4n) is 4.12. The summed E-state index contributed by atoms with van der Waals surface area (Å²) in [5.74, 6) is -0.0271. The van der Waals surface area contributed by atoms with Crippen LogP contribution in [0.1, 0.15) is 85.3 Å². The number of rotatable bonds is 7. The first-order valence-electron chi connectivity index (χ1n) is 11.5. The number of carboxylic acid groups (broad SMARTS) is 1. The lowest BCUT2D eigenvalue weighted by Gasteiger charge is -2.35. The topological polar surface area (TPSA) is 108 Å². The number of amides is 1. The summed E-state index contributed by atoms with van der Waals surface area (Å²) in [6, 6.07) is 6.11. The number of esters is 1. The second-order valence-corrected chi connectivity index (χ2v) is 10.4. The molecule has 7 nitrogen and oxygen atoms in total. The van der Waals surface area contributed by atoms with Crippen LogP contribution in [0.4, 0.5) is 9.18 Å². The van der Waals surface area contributed by atoms with E-state index in [0.29, 0.717) is 18.0 Å². The third kappa shape index (κ3) is 13.2. The Kier molecular flexibility index (Phi) is 11.3. The zero-order valence-electron chi connectivity index (χ0n) is 20.8. The van der Waals surface area contributed by atoms with Gasteiger partial charge < -0.3 is 25.6 Å². The van der Waals surface area contributed by atoms with Crippen LogP contribution in [0.25, 0.3) is 0 Å². The number of hydrogen-bond acceptors (Lipinski definition) is 5.